The zero-order valence-corrected chi connectivity index (χ0v) is 12.4. The van der Waals surface area contributed by atoms with Gasteiger partial charge in [0.1, 0.15) is 6.29 Å². The number of rotatable bonds is 5. The summed E-state index contributed by atoms with van der Waals surface area (Å²) in [5.41, 5.74) is 2.56. The van der Waals surface area contributed by atoms with E-state index in [2.05, 4.69) is 49.9 Å². The number of benzene rings is 1. The maximum atomic E-state index is 11.6. The van der Waals surface area contributed by atoms with Gasteiger partial charge in [-0.15, -0.1) is 0 Å². The van der Waals surface area contributed by atoms with Gasteiger partial charge in [-0.25, -0.2) is 0 Å². The molecule has 1 aromatic carbocycles. The molecule has 0 radical (unpaired) electrons. The Morgan fingerprint density at radius 1 is 1.32 bits per heavy atom. The van der Waals surface area contributed by atoms with Crippen LogP contribution in [0.1, 0.15) is 45.6 Å². The van der Waals surface area contributed by atoms with Crippen molar-refractivity contribution in [2.45, 2.75) is 52.5 Å². The maximum Gasteiger partial charge on any atom is 0.127 e. The Bertz CT molecular complexity index is 437. The quantitative estimate of drug-likeness (QED) is 0.749. The summed E-state index contributed by atoms with van der Waals surface area (Å²) in [7, 11) is 0. The molecule has 0 aromatic heterocycles. The number of aldehydes is 1. The Kier molecular flexibility index (Phi) is 4.28. The van der Waals surface area contributed by atoms with Gasteiger partial charge in [0.25, 0.3) is 0 Å². The number of aryl methyl sites for hydroxylation is 1. The van der Waals surface area contributed by atoms with E-state index in [1.54, 1.807) is 0 Å². The highest BCUT2D eigenvalue weighted by Crippen LogP contribution is 2.35. The van der Waals surface area contributed by atoms with Gasteiger partial charge in [-0.1, -0.05) is 32.0 Å². The molecular formula is C17H25NO. The predicted molar refractivity (Wildman–Crippen MR) is 80.7 cm³/mol. The van der Waals surface area contributed by atoms with E-state index in [0.29, 0.717) is 6.04 Å². The molecule has 1 aliphatic heterocycles. The van der Waals surface area contributed by atoms with Crippen LogP contribution in [-0.2, 0) is 11.2 Å². The lowest BCUT2D eigenvalue weighted by molar-refractivity contribution is -0.116. The van der Waals surface area contributed by atoms with E-state index in [1.807, 2.05) is 0 Å². The van der Waals surface area contributed by atoms with E-state index < -0.39 is 0 Å². The van der Waals surface area contributed by atoms with Gasteiger partial charge in [-0.2, -0.15) is 0 Å². The maximum absolute atomic E-state index is 11.6. The van der Waals surface area contributed by atoms with Crippen LogP contribution in [0.3, 0.4) is 0 Å². The number of para-hydroxylation sites is 1. The molecular weight excluding hydrogens is 234 g/mol. The van der Waals surface area contributed by atoms with Crippen LogP contribution in [0.15, 0.2) is 24.3 Å². The zero-order valence-electron chi connectivity index (χ0n) is 12.4. The molecule has 1 heterocycles. The van der Waals surface area contributed by atoms with Crippen LogP contribution >= 0.6 is 0 Å². The summed E-state index contributed by atoms with van der Waals surface area (Å²) >= 11 is 0. The summed E-state index contributed by atoms with van der Waals surface area (Å²) in [6.45, 7) is 7.37. The smallest absolute Gasteiger partial charge is 0.127 e. The van der Waals surface area contributed by atoms with E-state index in [4.69, 9.17) is 0 Å². The lowest BCUT2D eigenvalue weighted by atomic mass is 9.82. The fraction of sp³-hybridized carbons (Fsp3) is 0.588. The monoisotopic (exact) mass is 259 g/mol. The van der Waals surface area contributed by atoms with Crippen LogP contribution < -0.4 is 4.90 Å². The fourth-order valence-corrected chi connectivity index (χ4v) is 3.02. The lowest BCUT2D eigenvalue weighted by Gasteiger charge is -2.42. The summed E-state index contributed by atoms with van der Waals surface area (Å²) in [5, 5.41) is 0. The molecule has 0 aliphatic carbocycles. The molecule has 2 rings (SSSR count). The summed E-state index contributed by atoms with van der Waals surface area (Å²) in [6, 6.07) is 9.15. The van der Waals surface area contributed by atoms with E-state index >= 15 is 0 Å². The van der Waals surface area contributed by atoms with Crippen LogP contribution in [0.25, 0.3) is 0 Å². The van der Waals surface area contributed by atoms with Crippen LogP contribution in [0.4, 0.5) is 5.69 Å². The summed E-state index contributed by atoms with van der Waals surface area (Å²) < 4.78 is 0. The molecule has 0 saturated carbocycles. The normalized spacial score (nSPS) is 19.1. The molecule has 0 spiro atoms. The Labute approximate surface area is 116 Å². The average molecular weight is 259 g/mol. The SMILES string of the molecule is CCC(C=O)(CC)CN1c2ccccc2CCC1C. The Morgan fingerprint density at radius 3 is 2.63 bits per heavy atom. The third-order valence-corrected chi connectivity index (χ3v) is 4.81. The molecule has 19 heavy (non-hydrogen) atoms. The van der Waals surface area contributed by atoms with Crippen molar-refractivity contribution in [3.63, 3.8) is 0 Å². The third-order valence-electron chi connectivity index (χ3n) is 4.81. The van der Waals surface area contributed by atoms with Gasteiger partial charge in [0.15, 0.2) is 0 Å². The van der Waals surface area contributed by atoms with Crippen molar-refractivity contribution in [2.24, 2.45) is 5.41 Å². The first kappa shape index (κ1) is 14.1. The first-order chi connectivity index (χ1) is 9.15. The second-order valence-electron chi connectivity index (χ2n) is 5.83. The molecule has 0 fully saturated rings. The Hall–Kier alpha value is -1.31. The Morgan fingerprint density at radius 2 is 2.00 bits per heavy atom. The standard InChI is InChI=1S/C17H25NO/c1-4-17(5-2,13-19)12-18-14(3)10-11-15-8-6-7-9-16(15)18/h6-9,13-14H,4-5,10-12H2,1-3H3. The minimum Gasteiger partial charge on any atom is -0.368 e. The van der Waals surface area contributed by atoms with E-state index in [9.17, 15) is 4.79 Å². The van der Waals surface area contributed by atoms with E-state index in [-0.39, 0.29) is 5.41 Å². The molecule has 104 valence electrons. The van der Waals surface area contributed by atoms with Crippen molar-refractivity contribution >= 4 is 12.0 Å². The van der Waals surface area contributed by atoms with E-state index in [0.717, 1.165) is 25.8 Å². The van der Waals surface area contributed by atoms with Gasteiger partial charge in [0.2, 0.25) is 0 Å². The number of carbonyl (C=O) groups is 1. The van der Waals surface area contributed by atoms with Gasteiger partial charge in [-0.3, -0.25) is 0 Å². The molecule has 2 nitrogen and oxygen atoms in total. The highest BCUT2D eigenvalue weighted by molar-refractivity contribution is 5.63. The number of fused-ring (bicyclic) bond motifs is 1. The van der Waals surface area contributed by atoms with Crippen molar-refractivity contribution in [1.82, 2.24) is 0 Å². The molecule has 0 amide bonds. The number of carbonyl (C=O) groups excluding carboxylic acids is 1. The molecule has 2 heteroatoms. The van der Waals surface area contributed by atoms with Crippen LogP contribution in [-0.4, -0.2) is 18.9 Å². The van der Waals surface area contributed by atoms with Crippen molar-refractivity contribution in [3.05, 3.63) is 29.8 Å². The molecule has 1 atom stereocenters. The first-order valence-electron chi connectivity index (χ1n) is 7.46. The van der Waals surface area contributed by atoms with Crippen molar-refractivity contribution < 1.29 is 4.79 Å². The second kappa shape index (κ2) is 5.77. The number of hydrogen-bond donors (Lipinski definition) is 0. The minimum atomic E-state index is -0.196. The van der Waals surface area contributed by atoms with Crippen molar-refractivity contribution in [3.8, 4) is 0 Å². The second-order valence-corrected chi connectivity index (χ2v) is 5.83. The molecule has 1 aromatic rings. The molecule has 1 aliphatic rings. The third kappa shape index (κ3) is 2.68. The van der Waals surface area contributed by atoms with Gasteiger partial charge in [0.05, 0.1) is 0 Å². The molecule has 0 N–H and O–H groups in total. The van der Waals surface area contributed by atoms with Crippen molar-refractivity contribution in [2.75, 3.05) is 11.4 Å². The summed E-state index contributed by atoms with van der Waals surface area (Å²) in [4.78, 5) is 14.0. The van der Waals surface area contributed by atoms with Crippen LogP contribution in [0, 0.1) is 5.41 Å². The molecule has 0 saturated heterocycles. The lowest BCUT2D eigenvalue weighted by Crippen LogP contribution is -2.45. The number of nitrogens with zero attached hydrogens (tertiary/aromatic N) is 1. The highest BCUT2D eigenvalue weighted by atomic mass is 16.1. The fourth-order valence-electron chi connectivity index (χ4n) is 3.02. The van der Waals surface area contributed by atoms with E-state index in [1.165, 1.54) is 24.0 Å². The minimum absolute atomic E-state index is 0.196. The highest BCUT2D eigenvalue weighted by Gasteiger charge is 2.32. The van der Waals surface area contributed by atoms with Gasteiger partial charge >= 0.3 is 0 Å². The Balaban J connectivity index is 2.31. The average Bonchev–Trinajstić information content (AvgIpc) is 2.47. The summed E-state index contributed by atoms with van der Waals surface area (Å²) in [6.07, 6.45) is 5.34. The van der Waals surface area contributed by atoms with Crippen LogP contribution in [0.5, 0.6) is 0 Å². The van der Waals surface area contributed by atoms with Gasteiger partial charge in [0, 0.05) is 23.7 Å². The zero-order chi connectivity index (χ0) is 13.9. The first-order valence-corrected chi connectivity index (χ1v) is 7.46. The predicted octanol–water partition coefficient (Wildman–Crippen LogP) is 3.83. The van der Waals surface area contributed by atoms with Gasteiger partial charge < -0.3 is 9.69 Å². The van der Waals surface area contributed by atoms with Crippen LogP contribution in [0.2, 0.25) is 0 Å². The topological polar surface area (TPSA) is 20.3 Å². The number of anilines is 1. The van der Waals surface area contributed by atoms with Gasteiger partial charge in [-0.05, 0) is 44.2 Å². The summed E-state index contributed by atoms with van der Waals surface area (Å²) in [5.74, 6) is 0. The largest absolute Gasteiger partial charge is 0.368 e. The molecule has 1 unspecified atom stereocenters. The molecule has 0 bridgehead atoms. The van der Waals surface area contributed by atoms with Crippen molar-refractivity contribution in [1.29, 1.82) is 0 Å². The number of hydrogen-bond acceptors (Lipinski definition) is 2.